The standard InChI is InChI=1S/C11H21/c1-3-5-7-9-11-10-8-6-4-2/h10-11H,1,3-9H2,2H3/b11-10+. The Hall–Kier alpha value is -0.260. The molecule has 11 heavy (non-hydrogen) atoms. The molecule has 0 atom stereocenters. The molecule has 0 heteroatoms. The van der Waals surface area contributed by atoms with E-state index in [1.54, 1.807) is 0 Å². The highest BCUT2D eigenvalue weighted by Gasteiger charge is 1.81. The van der Waals surface area contributed by atoms with Crippen molar-refractivity contribution in [3.05, 3.63) is 19.1 Å². The van der Waals surface area contributed by atoms with Crippen molar-refractivity contribution in [3.8, 4) is 0 Å². The zero-order valence-corrected chi connectivity index (χ0v) is 7.81. The molecule has 0 bridgehead atoms. The van der Waals surface area contributed by atoms with Crippen molar-refractivity contribution in [1.29, 1.82) is 0 Å². The summed E-state index contributed by atoms with van der Waals surface area (Å²) in [4.78, 5) is 0. The molecule has 0 amide bonds. The average Bonchev–Trinajstić information content (AvgIpc) is 2.03. The summed E-state index contributed by atoms with van der Waals surface area (Å²) in [5.41, 5.74) is 0. The quantitative estimate of drug-likeness (QED) is 0.381. The first-order valence-electron chi connectivity index (χ1n) is 4.86. The van der Waals surface area contributed by atoms with Crippen LogP contribution < -0.4 is 0 Å². The lowest BCUT2D eigenvalue weighted by molar-refractivity contribution is 0.755. The summed E-state index contributed by atoms with van der Waals surface area (Å²) < 4.78 is 0. The molecule has 0 aromatic heterocycles. The van der Waals surface area contributed by atoms with Crippen LogP contribution in [0.3, 0.4) is 0 Å². The molecular formula is C11H21. The minimum Gasteiger partial charge on any atom is -0.0885 e. The van der Waals surface area contributed by atoms with Gasteiger partial charge in [0, 0.05) is 0 Å². The van der Waals surface area contributed by atoms with Gasteiger partial charge >= 0.3 is 0 Å². The lowest BCUT2D eigenvalue weighted by Crippen LogP contribution is -1.71. The van der Waals surface area contributed by atoms with Crippen LogP contribution >= 0.6 is 0 Å². The average molecular weight is 153 g/mol. The van der Waals surface area contributed by atoms with Crippen molar-refractivity contribution in [2.45, 2.75) is 51.9 Å². The maximum atomic E-state index is 3.81. The summed E-state index contributed by atoms with van der Waals surface area (Å²) in [5.74, 6) is 0. The van der Waals surface area contributed by atoms with Gasteiger partial charge in [-0.1, -0.05) is 51.7 Å². The normalized spacial score (nSPS) is 11.1. The number of unbranched alkanes of at least 4 members (excludes halogenated alkanes) is 5. The van der Waals surface area contributed by atoms with Crippen molar-refractivity contribution < 1.29 is 0 Å². The second-order valence-corrected chi connectivity index (χ2v) is 2.96. The van der Waals surface area contributed by atoms with E-state index < -0.39 is 0 Å². The zero-order chi connectivity index (χ0) is 8.36. The summed E-state index contributed by atoms with van der Waals surface area (Å²) in [6.07, 6.45) is 13.5. The SMILES string of the molecule is [CH2]CCCC/C=C/CCCC. The summed E-state index contributed by atoms with van der Waals surface area (Å²) in [7, 11) is 0. The molecule has 0 saturated heterocycles. The van der Waals surface area contributed by atoms with Crippen LogP contribution in [0.25, 0.3) is 0 Å². The van der Waals surface area contributed by atoms with Crippen molar-refractivity contribution in [3.63, 3.8) is 0 Å². The molecule has 0 heterocycles. The van der Waals surface area contributed by atoms with E-state index in [2.05, 4.69) is 26.0 Å². The highest BCUT2D eigenvalue weighted by atomic mass is 13.9. The fourth-order valence-corrected chi connectivity index (χ4v) is 0.997. The van der Waals surface area contributed by atoms with Crippen LogP contribution in [0.15, 0.2) is 12.2 Å². The molecule has 0 nitrogen and oxygen atoms in total. The predicted molar refractivity (Wildman–Crippen MR) is 52.5 cm³/mol. The van der Waals surface area contributed by atoms with Crippen LogP contribution in [-0.2, 0) is 0 Å². The summed E-state index contributed by atoms with van der Waals surface area (Å²) in [5, 5.41) is 0. The maximum Gasteiger partial charge on any atom is -0.0351 e. The van der Waals surface area contributed by atoms with Crippen LogP contribution in [0.1, 0.15) is 51.9 Å². The van der Waals surface area contributed by atoms with Crippen LogP contribution in [-0.4, -0.2) is 0 Å². The molecule has 0 spiro atoms. The molecule has 0 aliphatic rings. The van der Waals surface area contributed by atoms with Gasteiger partial charge < -0.3 is 0 Å². The van der Waals surface area contributed by atoms with E-state index in [1.807, 2.05) is 0 Å². The Balaban J connectivity index is 2.91. The topological polar surface area (TPSA) is 0 Å². The lowest BCUT2D eigenvalue weighted by atomic mass is 10.2. The fraction of sp³-hybridized carbons (Fsp3) is 0.727. The van der Waals surface area contributed by atoms with Gasteiger partial charge in [0.05, 0.1) is 0 Å². The Morgan fingerprint density at radius 2 is 1.64 bits per heavy atom. The van der Waals surface area contributed by atoms with Gasteiger partial charge in [-0.05, 0) is 19.3 Å². The Morgan fingerprint density at radius 3 is 2.18 bits per heavy atom. The van der Waals surface area contributed by atoms with Crippen LogP contribution in [0.4, 0.5) is 0 Å². The van der Waals surface area contributed by atoms with E-state index in [1.165, 1.54) is 38.5 Å². The van der Waals surface area contributed by atoms with E-state index in [0.717, 1.165) is 6.42 Å². The first-order valence-corrected chi connectivity index (χ1v) is 4.86. The van der Waals surface area contributed by atoms with Gasteiger partial charge in [0.2, 0.25) is 0 Å². The molecule has 0 saturated carbocycles. The number of allylic oxidation sites excluding steroid dienone is 2. The molecule has 0 N–H and O–H groups in total. The van der Waals surface area contributed by atoms with E-state index in [4.69, 9.17) is 0 Å². The molecule has 0 aliphatic heterocycles. The van der Waals surface area contributed by atoms with E-state index in [9.17, 15) is 0 Å². The summed E-state index contributed by atoms with van der Waals surface area (Å²) in [6.45, 7) is 6.04. The number of hydrogen-bond donors (Lipinski definition) is 0. The molecule has 0 fully saturated rings. The van der Waals surface area contributed by atoms with E-state index >= 15 is 0 Å². The molecule has 0 unspecified atom stereocenters. The first kappa shape index (κ1) is 10.7. The van der Waals surface area contributed by atoms with Crippen molar-refractivity contribution >= 4 is 0 Å². The molecule has 0 aromatic carbocycles. The van der Waals surface area contributed by atoms with Crippen molar-refractivity contribution in [1.82, 2.24) is 0 Å². The van der Waals surface area contributed by atoms with Gasteiger partial charge in [-0.2, -0.15) is 0 Å². The zero-order valence-electron chi connectivity index (χ0n) is 7.81. The van der Waals surface area contributed by atoms with Gasteiger partial charge in [-0.15, -0.1) is 0 Å². The Kier molecular flexibility index (Phi) is 9.51. The van der Waals surface area contributed by atoms with Gasteiger partial charge in [-0.3, -0.25) is 0 Å². The highest BCUT2D eigenvalue weighted by molar-refractivity contribution is 4.80. The van der Waals surface area contributed by atoms with Crippen molar-refractivity contribution in [2.75, 3.05) is 0 Å². The second-order valence-electron chi connectivity index (χ2n) is 2.96. The van der Waals surface area contributed by atoms with Gasteiger partial charge in [-0.25, -0.2) is 0 Å². The largest absolute Gasteiger partial charge is 0.0885 e. The van der Waals surface area contributed by atoms with E-state index in [0.29, 0.717) is 0 Å². The molecular weight excluding hydrogens is 132 g/mol. The Bertz CT molecular complexity index is 82.0. The summed E-state index contributed by atoms with van der Waals surface area (Å²) >= 11 is 0. The smallest absolute Gasteiger partial charge is 0.0351 e. The fourth-order valence-electron chi connectivity index (χ4n) is 0.997. The van der Waals surface area contributed by atoms with Gasteiger partial charge in [0.1, 0.15) is 0 Å². The Labute approximate surface area is 71.7 Å². The molecule has 65 valence electrons. The molecule has 0 aromatic rings. The molecule has 1 radical (unpaired) electrons. The van der Waals surface area contributed by atoms with Crippen LogP contribution in [0.5, 0.6) is 0 Å². The van der Waals surface area contributed by atoms with E-state index in [-0.39, 0.29) is 0 Å². The number of rotatable bonds is 7. The predicted octanol–water partition coefficient (Wildman–Crippen LogP) is 4.13. The lowest BCUT2D eigenvalue weighted by Gasteiger charge is -1.91. The number of hydrogen-bond acceptors (Lipinski definition) is 0. The van der Waals surface area contributed by atoms with Crippen LogP contribution in [0.2, 0.25) is 0 Å². The Morgan fingerprint density at radius 1 is 1.00 bits per heavy atom. The van der Waals surface area contributed by atoms with Gasteiger partial charge in [0.15, 0.2) is 0 Å². The highest BCUT2D eigenvalue weighted by Crippen LogP contribution is 2.01. The maximum absolute atomic E-state index is 3.81. The second kappa shape index (κ2) is 9.74. The summed E-state index contributed by atoms with van der Waals surface area (Å²) in [6, 6.07) is 0. The minimum absolute atomic E-state index is 1.09. The third-order valence-electron chi connectivity index (χ3n) is 1.76. The minimum atomic E-state index is 1.09. The van der Waals surface area contributed by atoms with Crippen molar-refractivity contribution in [2.24, 2.45) is 0 Å². The monoisotopic (exact) mass is 153 g/mol. The van der Waals surface area contributed by atoms with Crippen LogP contribution in [0, 0.1) is 6.92 Å². The first-order chi connectivity index (χ1) is 5.41. The molecule has 0 rings (SSSR count). The third kappa shape index (κ3) is 9.74. The van der Waals surface area contributed by atoms with Gasteiger partial charge in [0.25, 0.3) is 0 Å². The molecule has 0 aliphatic carbocycles. The third-order valence-corrected chi connectivity index (χ3v) is 1.76.